The summed E-state index contributed by atoms with van der Waals surface area (Å²) >= 11 is 1.45. The standard InChI is InChI=1S/C15H13FN6OS/c1-9-18-13(23-21-9)6-7-17-14-20-22-8-12(19-15(22)24-14)10-2-4-11(16)5-3-10/h2-5,8H,6-7H2,1H3,(H,17,20). The molecular weight excluding hydrogens is 331 g/mol. The Bertz CT molecular complexity index is 942. The molecule has 3 aromatic heterocycles. The summed E-state index contributed by atoms with van der Waals surface area (Å²) in [5, 5.41) is 12.2. The van der Waals surface area contributed by atoms with Crippen molar-refractivity contribution in [1.29, 1.82) is 0 Å². The van der Waals surface area contributed by atoms with Crippen LogP contribution in [0.3, 0.4) is 0 Å². The minimum atomic E-state index is -0.263. The predicted octanol–water partition coefficient (Wildman–Crippen LogP) is 2.94. The van der Waals surface area contributed by atoms with E-state index in [2.05, 4.69) is 25.5 Å². The van der Waals surface area contributed by atoms with E-state index in [1.165, 1.54) is 23.5 Å². The van der Waals surface area contributed by atoms with Crippen LogP contribution in [0.2, 0.25) is 0 Å². The second-order valence-electron chi connectivity index (χ2n) is 5.18. The van der Waals surface area contributed by atoms with E-state index in [1.807, 2.05) is 6.20 Å². The van der Waals surface area contributed by atoms with Crippen molar-refractivity contribution in [2.75, 3.05) is 11.9 Å². The molecule has 0 unspecified atom stereocenters. The number of aryl methyl sites for hydroxylation is 1. The lowest BCUT2D eigenvalue weighted by Gasteiger charge is -1.98. The number of benzene rings is 1. The molecule has 0 saturated carbocycles. The Hall–Kier alpha value is -2.81. The topological polar surface area (TPSA) is 81.1 Å². The zero-order valence-electron chi connectivity index (χ0n) is 12.7. The average molecular weight is 344 g/mol. The first kappa shape index (κ1) is 14.8. The van der Waals surface area contributed by atoms with E-state index < -0.39 is 0 Å². The van der Waals surface area contributed by atoms with Gasteiger partial charge < -0.3 is 9.84 Å². The van der Waals surface area contributed by atoms with Crippen molar-refractivity contribution in [2.24, 2.45) is 0 Å². The van der Waals surface area contributed by atoms with Crippen LogP contribution in [-0.4, -0.2) is 31.3 Å². The van der Waals surface area contributed by atoms with E-state index in [0.717, 1.165) is 21.3 Å². The van der Waals surface area contributed by atoms with E-state index in [1.54, 1.807) is 23.6 Å². The van der Waals surface area contributed by atoms with Gasteiger partial charge in [-0.1, -0.05) is 16.5 Å². The van der Waals surface area contributed by atoms with Gasteiger partial charge in [0.15, 0.2) is 5.82 Å². The predicted molar refractivity (Wildman–Crippen MR) is 87.5 cm³/mol. The molecule has 0 amide bonds. The van der Waals surface area contributed by atoms with Crippen LogP contribution in [0.4, 0.5) is 9.52 Å². The van der Waals surface area contributed by atoms with Gasteiger partial charge in [0.25, 0.3) is 0 Å². The Morgan fingerprint density at radius 1 is 1.25 bits per heavy atom. The molecule has 0 aliphatic rings. The molecule has 0 aliphatic heterocycles. The molecule has 0 spiro atoms. The molecule has 24 heavy (non-hydrogen) atoms. The number of hydrogen-bond donors (Lipinski definition) is 1. The van der Waals surface area contributed by atoms with Gasteiger partial charge in [0.2, 0.25) is 16.0 Å². The van der Waals surface area contributed by atoms with Crippen LogP contribution in [0, 0.1) is 12.7 Å². The van der Waals surface area contributed by atoms with Crippen molar-refractivity contribution in [1.82, 2.24) is 24.7 Å². The number of nitrogens with zero attached hydrogens (tertiary/aromatic N) is 5. The zero-order chi connectivity index (χ0) is 16.5. The number of anilines is 1. The van der Waals surface area contributed by atoms with E-state index in [9.17, 15) is 4.39 Å². The van der Waals surface area contributed by atoms with E-state index in [4.69, 9.17) is 4.52 Å². The summed E-state index contributed by atoms with van der Waals surface area (Å²) in [5.41, 5.74) is 1.62. The highest BCUT2D eigenvalue weighted by atomic mass is 32.1. The van der Waals surface area contributed by atoms with Gasteiger partial charge in [-0.25, -0.2) is 13.9 Å². The van der Waals surface area contributed by atoms with Crippen LogP contribution in [0.25, 0.3) is 16.2 Å². The molecule has 0 atom stereocenters. The molecule has 4 aromatic rings. The largest absolute Gasteiger partial charge is 0.360 e. The van der Waals surface area contributed by atoms with Crippen molar-refractivity contribution in [3.63, 3.8) is 0 Å². The third-order valence-corrected chi connectivity index (χ3v) is 4.25. The first-order valence-electron chi connectivity index (χ1n) is 7.32. The minimum Gasteiger partial charge on any atom is -0.360 e. The van der Waals surface area contributed by atoms with Crippen molar-refractivity contribution >= 4 is 21.4 Å². The molecular formula is C15H13FN6OS. The van der Waals surface area contributed by atoms with Crippen LogP contribution >= 0.6 is 11.3 Å². The second kappa shape index (κ2) is 6.00. The Morgan fingerprint density at radius 2 is 2.08 bits per heavy atom. The summed E-state index contributed by atoms with van der Waals surface area (Å²) in [4.78, 5) is 9.43. The summed E-state index contributed by atoms with van der Waals surface area (Å²) in [6, 6.07) is 6.24. The number of rotatable bonds is 5. The van der Waals surface area contributed by atoms with Gasteiger partial charge in [0, 0.05) is 18.5 Å². The number of hydrogen-bond acceptors (Lipinski definition) is 7. The number of fused-ring (bicyclic) bond motifs is 1. The Labute approximate surface area is 140 Å². The number of aromatic nitrogens is 5. The molecule has 1 N–H and O–H groups in total. The lowest BCUT2D eigenvalue weighted by molar-refractivity contribution is 0.377. The van der Waals surface area contributed by atoms with Gasteiger partial charge in [-0.2, -0.15) is 4.98 Å². The maximum absolute atomic E-state index is 13.0. The molecule has 0 fully saturated rings. The highest BCUT2D eigenvalue weighted by Crippen LogP contribution is 2.24. The smallest absolute Gasteiger partial charge is 0.228 e. The molecule has 4 rings (SSSR count). The quantitative estimate of drug-likeness (QED) is 0.599. The van der Waals surface area contributed by atoms with Crippen LogP contribution in [0.1, 0.15) is 11.7 Å². The van der Waals surface area contributed by atoms with Crippen LogP contribution in [-0.2, 0) is 6.42 Å². The van der Waals surface area contributed by atoms with Gasteiger partial charge in [-0.3, -0.25) is 0 Å². The van der Waals surface area contributed by atoms with Gasteiger partial charge in [-0.15, -0.1) is 5.10 Å². The van der Waals surface area contributed by atoms with Crippen molar-refractivity contribution < 1.29 is 8.91 Å². The van der Waals surface area contributed by atoms with Crippen molar-refractivity contribution in [3.05, 3.63) is 48.0 Å². The van der Waals surface area contributed by atoms with E-state index >= 15 is 0 Å². The molecule has 7 nitrogen and oxygen atoms in total. The molecule has 3 heterocycles. The normalized spacial score (nSPS) is 11.2. The SMILES string of the molecule is Cc1noc(CCNc2nn3cc(-c4ccc(F)cc4)nc3s2)n1. The van der Waals surface area contributed by atoms with Gasteiger partial charge in [0.05, 0.1) is 11.9 Å². The molecule has 122 valence electrons. The third-order valence-electron chi connectivity index (χ3n) is 3.37. The maximum Gasteiger partial charge on any atom is 0.228 e. The average Bonchev–Trinajstić information content (AvgIpc) is 3.23. The molecule has 1 aromatic carbocycles. The Morgan fingerprint density at radius 3 is 2.79 bits per heavy atom. The molecule has 0 saturated heterocycles. The first-order valence-corrected chi connectivity index (χ1v) is 8.14. The maximum atomic E-state index is 13.0. The molecule has 9 heteroatoms. The Kier molecular flexibility index (Phi) is 3.69. The van der Waals surface area contributed by atoms with Crippen LogP contribution in [0.15, 0.2) is 35.0 Å². The fraction of sp³-hybridized carbons (Fsp3) is 0.200. The summed E-state index contributed by atoms with van der Waals surface area (Å²) in [6.45, 7) is 2.43. The fourth-order valence-corrected chi connectivity index (χ4v) is 3.06. The summed E-state index contributed by atoms with van der Waals surface area (Å²) < 4.78 is 19.8. The zero-order valence-corrected chi connectivity index (χ0v) is 13.5. The highest BCUT2D eigenvalue weighted by molar-refractivity contribution is 7.20. The summed E-state index contributed by atoms with van der Waals surface area (Å²) in [7, 11) is 0. The summed E-state index contributed by atoms with van der Waals surface area (Å²) in [5.74, 6) is 0.965. The minimum absolute atomic E-state index is 0.263. The second-order valence-corrected chi connectivity index (χ2v) is 6.14. The monoisotopic (exact) mass is 344 g/mol. The van der Waals surface area contributed by atoms with E-state index in [0.29, 0.717) is 24.7 Å². The highest BCUT2D eigenvalue weighted by Gasteiger charge is 2.10. The van der Waals surface area contributed by atoms with Crippen molar-refractivity contribution in [2.45, 2.75) is 13.3 Å². The van der Waals surface area contributed by atoms with Crippen molar-refractivity contribution in [3.8, 4) is 11.3 Å². The third kappa shape index (κ3) is 2.98. The molecule has 0 radical (unpaired) electrons. The van der Waals surface area contributed by atoms with Crippen LogP contribution < -0.4 is 5.32 Å². The Balaban J connectivity index is 1.44. The fourth-order valence-electron chi connectivity index (χ4n) is 2.25. The number of imidazole rings is 1. The lowest BCUT2D eigenvalue weighted by Crippen LogP contribution is -2.05. The van der Waals surface area contributed by atoms with Gasteiger partial charge in [-0.05, 0) is 31.2 Å². The van der Waals surface area contributed by atoms with Gasteiger partial charge in [0.1, 0.15) is 5.82 Å². The molecule has 0 bridgehead atoms. The van der Waals surface area contributed by atoms with Crippen LogP contribution in [0.5, 0.6) is 0 Å². The lowest BCUT2D eigenvalue weighted by atomic mass is 10.2. The number of nitrogens with one attached hydrogen (secondary N) is 1. The first-order chi connectivity index (χ1) is 11.7. The molecule has 0 aliphatic carbocycles. The number of halogens is 1. The van der Waals surface area contributed by atoms with Gasteiger partial charge >= 0.3 is 0 Å². The van der Waals surface area contributed by atoms with E-state index in [-0.39, 0.29) is 5.82 Å². The summed E-state index contributed by atoms with van der Waals surface area (Å²) in [6.07, 6.45) is 2.45.